The average molecular weight is 370 g/mol. The topological polar surface area (TPSA) is 47.8 Å². The zero-order chi connectivity index (χ0) is 19.2. The van der Waals surface area contributed by atoms with Gasteiger partial charge >= 0.3 is 0 Å². The molecule has 0 amide bonds. The Morgan fingerprint density at radius 1 is 0.889 bits per heavy atom. The molecule has 0 N–H and O–H groups in total. The Bertz CT molecular complexity index is 690. The van der Waals surface area contributed by atoms with E-state index in [9.17, 15) is 4.79 Å². The molecule has 2 aromatic rings. The Morgan fingerprint density at radius 2 is 1.52 bits per heavy atom. The minimum atomic E-state index is 0.0532. The second kappa shape index (κ2) is 13.2. The third-order valence-electron chi connectivity index (χ3n) is 5.00. The van der Waals surface area contributed by atoms with Crippen molar-refractivity contribution in [1.82, 2.24) is 15.0 Å². The standard InChI is InChI=1S/C23H35N3O/c1-2-3-4-5-6-7-8-9-10-11-12-13-14-15-20-23(27)26-22-19-17-16-18-21(22)24-25-26/h3-4,16-19H,2,5-15,20H2,1H3/b4-3+. The van der Waals surface area contributed by atoms with Gasteiger partial charge in [0.1, 0.15) is 5.52 Å². The van der Waals surface area contributed by atoms with Gasteiger partial charge in [0, 0.05) is 6.42 Å². The smallest absolute Gasteiger partial charge is 0.248 e. The quantitative estimate of drug-likeness (QED) is 0.274. The molecule has 148 valence electrons. The molecule has 27 heavy (non-hydrogen) atoms. The molecule has 4 heteroatoms. The number of para-hydroxylation sites is 1. The summed E-state index contributed by atoms with van der Waals surface area (Å²) in [5, 5.41) is 8.04. The molecule has 0 spiro atoms. The molecule has 0 radical (unpaired) electrons. The molecule has 0 bridgehead atoms. The van der Waals surface area contributed by atoms with E-state index in [0.29, 0.717) is 6.42 Å². The summed E-state index contributed by atoms with van der Waals surface area (Å²) in [6.45, 7) is 2.19. The van der Waals surface area contributed by atoms with Crippen LogP contribution in [0.1, 0.15) is 95.2 Å². The van der Waals surface area contributed by atoms with E-state index in [1.807, 2.05) is 24.3 Å². The minimum absolute atomic E-state index is 0.0532. The Labute approximate surface area is 164 Å². The minimum Gasteiger partial charge on any atom is -0.273 e. The molecule has 0 saturated carbocycles. The average Bonchev–Trinajstić information content (AvgIpc) is 3.12. The first kappa shape index (κ1) is 21.3. The molecule has 1 aromatic heterocycles. The number of benzene rings is 1. The SMILES string of the molecule is CC/C=C/CCCCCCCCCCCCC(=O)n1nnc2ccccc21. The number of carbonyl (C=O) groups excluding carboxylic acids is 1. The van der Waals surface area contributed by atoms with Crippen LogP contribution < -0.4 is 0 Å². The first-order valence-electron chi connectivity index (χ1n) is 10.8. The van der Waals surface area contributed by atoms with Gasteiger partial charge in [-0.15, -0.1) is 5.10 Å². The molecule has 2 rings (SSSR count). The summed E-state index contributed by atoms with van der Waals surface area (Å²) in [5.74, 6) is 0.0532. The molecule has 0 atom stereocenters. The summed E-state index contributed by atoms with van der Waals surface area (Å²) >= 11 is 0. The Balaban J connectivity index is 1.44. The van der Waals surface area contributed by atoms with Crippen molar-refractivity contribution in [2.45, 2.75) is 90.4 Å². The fraction of sp³-hybridized carbons (Fsp3) is 0.609. The van der Waals surface area contributed by atoms with E-state index in [4.69, 9.17) is 0 Å². The molecule has 0 fully saturated rings. The lowest BCUT2D eigenvalue weighted by molar-refractivity contribution is 0.0886. The van der Waals surface area contributed by atoms with Gasteiger partial charge in [-0.3, -0.25) is 4.79 Å². The van der Waals surface area contributed by atoms with Crippen molar-refractivity contribution in [1.29, 1.82) is 0 Å². The maximum absolute atomic E-state index is 12.3. The summed E-state index contributed by atoms with van der Waals surface area (Å²) in [6.07, 6.45) is 20.3. The van der Waals surface area contributed by atoms with Crippen LogP contribution in [-0.4, -0.2) is 20.9 Å². The van der Waals surface area contributed by atoms with Gasteiger partial charge in [-0.25, -0.2) is 0 Å². The number of nitrogens with zero attached hydrogens (tertiary/aromatic N) is 3. The molecular weight excluding hydrogens is 334 g/mol. The Hall–Kier alpha value is -1.97. The summed E-state index contributed by atoms with van der Waals surface area (Å²) < 4.78 is 1.45. The van der Waals surface area contributed by atoms with Gasteiger partial charge in [-0.2, -0.15) is 4.68 Å². The van der Waals surface area contributed by atoms with Crippen LogP contribution in [-0.2, 0) is 0 Å². The van der Waals surface area contributed by atoms with Crippen LogP contribution in [0, 0.1) is 0 Å². The van der Waals surface area contributed by atoms with Crippen LogP contribution in [0.15, 0.2) is 36.4 Å². The maximum atomic E-state index is 12.3. The zero-order valence-electron chi connectivity index (χ0n) is 16.9. The van der Waals surface area contributed by atoms with E-state index < -0.39 is 0 Å². The van der Waals surface area contributed by atoms with Crippen molar-refractivity contribution < 1.29 is 4.79 Å². The number of unbranched alkanes of at least 4 members (excludes halogenated alkanes) is 10. The second-order valence-corrected chi connectivity index (χ2v) is 7.34. The highest BCUT2D eigenvalue weighted by molar-refractivity contribution is 5.88. The molecular formula is C23H35N3O. The molecule has 0 aliphatic rings. The van der Waals surface area contributed by atoms with Crippen LogP contribution in [0.2, 0.25) is 0 Å². The number of hydrogen-bond donors (Lipinski definition) is 0. The number of aromatic nitrogens is 3. The summed E-state index contributed by atoms with van der Waals surface area (Å²) in [4.78, 5) is 12.3. The van der Waals surface area contributed by atoms with Crippen LogP contribution in [0.3, 0.4) is 0 Å². The predicted molar refractivity (Wildman–Crippen MR) is 113 cm³/mol. The van der Waals surface area contributed by atoms with Crippen LogP contribution in [0.25, 0.3) is 11.0 Å². The normalized spacial score (nSPS) is 11.6. The van der Waals surface area contributed by atoms with E-state index >= 15 is 0 Å². The molecule has 0 unspecified atom stereocenters. The number of rotatable bonds is 14. The first-order valence-corrected chi connectivity index (χ1v) is 10.8. The van der Waals surface area contributed by atoms with Gasteiger partial charge in [0.05, 0.1) is 5.52 Å². The summed E-state index contributed by atoms with van der Waals surface area (Å²) in [6, 6.07) is 7.61. The largest absolute Gasteiger partial charge is 0.273 e. The van der Waals surface area contributed by atoms with Gasteiger partial charge in [0.15, 0.2) is 0 Å². The highest BCUT2D eigenvalue weighted by Crippen LogP contribution is 2.14. The molecule has 0 saturated heterocycles. The van der Waals surface area contributed by atoms with Crippen molar-refractivity contribution in [3.05, 3.63) is 36.4 Å². The summed E-state index contributed by atoms with van der Waals surface area (Å²) in [7, 11) is 0. The van der Waals surface area contributed by atoms with Crippen LogP contribution in [0.4, 0.5) is 0 Å². The third kappa shape index (κ3) is 8.06. The molecule has 1 aromatic carbocycles. The van der Waals surface area contributed by atoms with E-state index in [1.54, 1.807) is 0 Å². The maximum Gasteiger partial charge on any atom is 0.248 e. The van der Waals surface area contributed by atoms with Gasteiger partial charge in [-0.1, -0.05) is 87.8 Å². The fourth-order valence-electron chi connectivity index (χ4n) is 3.40. The van der Waals surface area contributed by atoms with Gasteiger partial charge in [0.25, 0.3) is 0 Å². The number of allylic oxidation sites excluding steroid dienone is 2. The lowest BCUT2D eigenvalue weighted by Gasteiger charge is -2.03. The van der Waals surface area contributed by atoms with Crippen molar-refractivity contribution in [2.75, 3.05) is 0 Å². The van der Waals surface area contributed by atoms with Gasteiger partial charge in [0.2, 0.25) is 5.91 Å². The number of fused-ring (bicyclic) bond motifs is 1. The van der Waals surface area contributed by atoms with Crippen LogP contribution in [0.5, 0.6) is 0 Å². The third-order valence-corrected chi connectivity index (χ3v) is 5.00. The molecule has 1 heterocycles. The Kier molecular flexibility index (Phi) is 10.5. The summed E-state index contributed by atoms with van der Waals surface area (Å²) in [5.41, 5.74) is 1.59. The molecule has 4 nitrogen and oxygen atoms in total. The Morgan fingerprint density at radius 3 is 2.22 bits per heavy atom. The highest BCUT2D eigenvalue weighted by atomic mass is 16.2. The first-order chi connectivity index (χ1) is 13.3. The van der Waals surface area contributed by atoms with E-state index in [0.717, 1.165) is 30.3 Å². The van der Waals surface area contributed by atoms with Crippen molar-refractivity contribution in [2.24, 2.45) is 0 Å². The van der Waals surface area contributed by atoms with Crippen LogP contribution >= 0.6 is 0 Å². The molecule has 0 aliphatic carbocycles. The van der Waals surface area contributed by atoms with Crippen molar-refractivity contribution >= 4 is 16.9 Å². The number of carbonyl (C=O) groups is 1. The van der Waals surface area contributed by atoms with E-state index in [1.165, 1.54) is 62.5 Å². The van der Waals surface area contributed by atoms with Gasteiger partial charge < -0.3 is 0 Å². The van der Waals surface area contributed by atoms with E-state index in [2.05, 4.69) is 29.4 Å². The second-order valence-electron chi connectivity index (χ2n) is 7.34. The van der Waals surface area contributed by atoms with E-state index in [-0.39, 0.29) is 5.91 Å². The van der Waals surface area contributed by atoms with Crippen molar-refractivity contribution in [3.8, 4) is 0 Å². The van der Waals surface area contributed by atoms with Gasteiger partial charge in [-0.05, 0) is 37.8 Å². The fourth-order valence-corrected chi connectivity index (χ4v) is 3.40. The van der Waals surface area contributed by atoms with Crippen molar-refractivity contribution in [3.63, 3.8) is 0 Å². The monoisotopic (exact) mass is 369 g/mol. The molecule has 0 aliphatic heterocycles. The predicted octanol–water partition coefficient (Wildman–Crippen LogP) is 6.72. The number of hydrogen-bond acceptors (Lipinski definition) is 3. The zero-order valence-corrected chi connectivity index (χ0v) is 16.9. The lowest BCUT2D eigenvalue weighted by Crippen LogP contribution is -2.12. The highest BCUT2D eigenvalue weighted by Gasteiger charge is 2.10. The lowest BCUT2D eigenvalue weighted by atomic mass is 10.0.